The third-order valence-electron chi connectivity index (χ3n) is 4.57. The molecule has 1 aromatic rings. The molecule has 0 aromatic heterocycles. The number of benzene rings is 1. The molecule has 2 unspecified atom stereocenters. The van der Waals surface area contributed by atoms with Crippen molar-refractivity contribution in [3.05, 3.63) is 24.3 Å². The quantitative estimate of drug-likeness (QED) is 0.874. The maximum atomic E-state index is 11.3. The predicted octanol–water partition coefficient (Wildman–Crippen LogP) is 1.05. The highest BCUT2D eigenvalue weighted by atomic mass is 32.2. The van der Waals surface area contributed by atoms with E-state index in [-0.39, 0.29) is 4.90 Å². The van der Waals surface area contributed by atoms with Crippen molar-refractivity contribution in [1.29, 1.82) is 0 Å². The lowest BCUT2D eigenvalue weighted by Gasteiger charge is -2.37. The lowest BCUT2D eigenvalue weighted by atomic mass is 9.98. The van der Waals surface area contributed by atoms with E-state index in [9.17, 15) is 8.42 Å². The Labute approximate surface area is 120 Å². The van der Waals surface area contributed by atoms with Crippen molar-refractivity contribution < 1.29 is 8.42 Å². The highest BCUT2D eigenvalue weighted by molar-refractivity contribution is 7.89. The number of primary sulfonamides is 1. The molecule has 1 aromatic carbocycles. The van der Waals surface area contributed by atoms with Gasteiger partial charge < -0.3 is 10.2 Å². The van der Waals surface area contributed by atoms with Gasteiger partial charge in [0.1, 0.15) is 0 Å². The molecule has 3 rings (SSSR count). The van der Waals surface area contributed by atoms with E-state index in [1.54, 1.807) is 12.1 Å². The van der Waals surface area contributed by atoms with Gasteiger partial charge in [0.25, 0.3) is 0 Å². The zero-order valence-electron chi connectivity index (χ0n) is 11.6. The van der Waals surface area contributed by atoms with Gasteiger partial charge in [0.15, 0.2) is 0 Å². The molecule has 0 radical (unpaired) electrons. The van der Waals surface area contributed by atoms with E-state index in [0.717, 1.165) is 18.5 Å². The summed E-state index contributed by atoms with van der Waals surface area (Å²) in [7, 11) is -1.52. The van der Waals surface area contributed by atoms with Gasteiger partial charge in [-0.2, -0.15) is 0 Å². The zero-order valence-corrected chi connectivity index (χ0v) is 12.4. The Kier molecular flexibility index (Phi) is 3.48. The summed E-state index contributed by atoms with van der Waals surface area (Å²) in [6, 6.07) is 8.64. The molecule has 20 heavy (non-hydrogen) atoms. The molecule has 5 nitrogen and oxygen atoms in total. The van der Waals surface area contributed by atoms with Crippen LogP contribution in [0.4, 0.5) is 5.69 Å². The van der Waals surface area contributed by atoms with Crippen LogP contribution >= 0.6 is 0 Å². The van der Waals surface area contributed by atoms with E-state index in [1.807, 2.05) is 12.1 Å². The van der Waals surface area contributed by atoms with Crippen LogP contribution < -0.4 is 15.4 Å². The molecule has 2 aliphatic heterocycles. The summed E-state index contributed by atoms with van der Waals surface area (Å²) in [5.74, 6) is 0. The smallest absolute Gasteiger partial charge is 0.238 e. The number of piperidine rings is 1. The average Bonchev–Trinajstić information content (AvgIpc) is 2.76. The lowest BCUT2D eigenvalue weighted by molar-refractivity contribution is 0.355. The van der Waals surface area contributed by atoms with Gasteiger partial charge >= 0.3 is 0 Å². The fourth-order valence-corrected chi connectivity index (χ4v) is 3.94. The predicted molar refractivity (Wildman–Crippen MR) is 79.2 cm³/mol. The maximum Gasteiger partial charge on any atom is 0.238 e. The number of sulfonamides is 1. The van der Waals surface area contributed by atoms with Gasteiger partial charge in [-0.25, -0.2) is 13.6 Å². The summed E-state index contributed by atoms with van der Waals surface area (Å²) in [5, 5.41) is 8.75. The summed E-state index contributed by atoms with van der Waals surface area (Å²) in [6.07, 6.45) is 4.87. The second-order valence-corrected chi connectivity index (χ2v) is 7.47. The van der Waals surface area contributed by atoms with Crippen molar-refractivity contribution in [3.8, 4) is 0 Å². The fraction of sp³-hybridized carbons (Fsp3) is 0.571. The van der Waals surface area contributed by atoms with Crippen LogP contribution in [0.3, 0.4) is 0 Å². The van der Waals surface area contributed by atoms with Gasteiger partial charge in [0, 0.05) is 30.9 Å². The van der Waals surface area contributed by atoms with Gasteiger partial charge in [0.05, 0.1) is 4.90 Å². The van der Waals surface area contributed by atoms with E-state index in [4.69, 9.17) is 5.14 Å². The maximum absolute atomic E-state index is 11.3. The number of rotatable bonds is 3. The number of anilines is 1. The first kappa shape index (κ1) is 13.9. The number of fused-ring (bicyclic) bond motifs is 2. The monoisotopic (exact) mass is 295 g/mol. The molecule has 0 aliphatic carbocycles. The van der Waals surface area contributed by atoms with Gasteiger partial charge in [-0.1, -0.05) is 0 Å². The van der Waals surface area contributed by atoms with Crippen LogP contribution in [0.25, 0.3) is 0 Å². The molecular formula is C14H21N3O2S. The molecule has 2 heterocycles. The highest BCUT2D eigenvalue weighted by Crippen LogP contribution is 2.31. The Morgan fingerprint density at radius 1 is 1.15 bits per heavy atom. The second kappa shape index (κ2) is 5.02. The van der Waals surface area contributed by atoms with Crippen LogP contribution in [-0.2, 0) is 10.0 Å². The molecular weight excluding hydrogens is 274 g/mol. The number of hydrogen-bond donors (Lipinski definition) is 2. The van der Waals surface area contributed by atoms with Crippen molar-refractivity contribution in [2.45, 2.75) is 48.7 Å². The number of nitrogens with zero attached hydrogens (tertiary/aromatic N) is 1. The van der Waals surface area contributed by atoms with Crippen LogP contribution in [0, 0.1) is 0 Å². The van der Waals surface area contributed by atoms with Crippen LogP contribution in [0.5, 0.6) is 0 Å². The largest absolute Gasteiger partial charge is 0.371 e. The Bertz CT molecular complexity index is 573. The molecule has 2 atom stereocenters. The third kappa shape index (κ3) is 2.68. The van der Waals surface area contributed by atoms with Crippen LogP contribution in [0.15, 0.2) is 29.2 Å². The summed E-state index contributed by atoms with van der Waals surface area (Å²) in [5.41, 5.74) is 1.05. The molecule has 6 heteroatoms. The third-order valence-corrected chi connectivity index (χ3v) is 5.50. The van der Waals surface area contributed by atoms with Crippen molar-refractivity contribution in [3.63, 3.8) is 0 Å². The van der Waals surface area contributed by atoms with E-state index in [0.29, 0.717) is 18.1 Å². The SMILES string of the molecule is CN(c1ccc(S(N)(=O)=O)cc1)C1CC2CCC(C1)N2. The van der Waals surface area contributed by atoms with Crippen molar-refractivity contribution in [2.75, 3.05) is 11.9 Å². The molecule has 0 saturated carbocycles. The minimum atomic E-state index is -3.61. The molecule has 2 bridgehead atoms. The summed E-state index contributed by atoms with van der Waals surface area (Å²) in [4.78, 5) is 2.43. The summed E-state index contributed by atoms with van der Waals surface area (Å²) in [6.45, 7) is 0. The number of nitrogens with one attached hydrogen (secondary N) is 1. The Morgan fingerprint density at radius 2 is 1.70 bits per heavy atom. The molecule has 2 aliphatic rings. The Balaban J connectivity index is 1.75. The molecule has 2 fully saturated rings. The van der Waals surface area contributed by atoms with Crippen LogP contribution in [0.1, 0.15) is 25.7 Å². The average molecular weight is 295 g/mol. The summed E-state index contributed by atoms with van der Waals surface area (Å²) >= 11 is 0. The summed E-state index contributed by atoms with van der Waals surface area (Å²) < 4.78 is 22.5. The van der Waals surface area contributed by atoms with E-state index >= 15 is 0 Å². The fourth-order valence-electron chi connectivity index (χ4n) is 3.43. The Morgan fingerprint density at radius 3 is 2.20 bits per heavy atom. The number of hydrogen-bond acceptors (Lipinski definition) is 4. The Hall–Kier alpha value is -1.11. The number of nitrogens with two attached hydrogens (primary N) is 1. The van der Waals surface area contributed by atoms with Crippen LogP contribution in [0.2, 0.25) is 0 Å². The lowest BCUT2D eigenvalue weighted by Crippen LogP contribution is -2.47. The first-order chi connectivity index (χ1) is 9.43. The normalized spacial score (nSPS) is 29.4. The van der Waals surface area contributed by atoms with E-state index in [2.05, 4.69) is 17.3 Å². The topological polar surface area (TPSA) is 75.4 Å². The standard InChI is InChI=1S/C14H21N3O2S/c1-17(13-8-10-2-3-11(9-13)16-10)12-4-6-14(7-5-12)20(15,18)19/h4-7,10-11,13,16H,2-3,8-9H2,1H3,(H2,15,18,19). The zero-order chi connectivity index (χ0) is 14.3. The van der Waals surface area contributed by atoms with E-state index < -0.39 is 10.0 Å². The molecule has 110 valence electrons. The minimum absolute atomic E-state index is 0.167. The van der Waals surface area contributed by atoms with Crippen molar-refractivity contribution in [2.24, 2.45) is 5.14 Å². The first-order valence-corrected chi connectivity index (χ1v) is 8.60. The highest BCUT2D eigenvalue weighted by Gasteiger charge is 2.35. The molecule has 0 spiro atoms. The molecule has 2 saturated heterocycles. The van der Waals surface area contributed by atoms with Gasteiger partial charge in [-0.3, -0.25) is 0 Å². The minimum Gasteiger partial charge on any atom is -0.371 e. The van der Waals surface area contributed by atoms with Crippen LogP contribution in [-0.4, -0.2) is 33.6 Å². The van der Waals surface area contributed by atoms with Crippen molar-refractivity contribution in [1.82, 2.24) is 5.32 Å². The van der Waals surface area contributed by atoms with Gasteiger partial charge in [0.2, 0.25) is 10.0 Å². The van der Waals surface area contributed by atoms with E-state index in [1.165, 1.54) is 12.8 Å². The molecule has 3 N–H and O–H groups in total. The van der Waals surface area contributed by atoms with Gasteiger partial charge in [-0.15, -0.1) is 0 Å². The van der Waals surface area contributed by atoms with Gasteiger partial charge in [-0.05, 0) is 49.9 Å². The first-order valence-electron chi connectivity index (χ1n) is 7.05. The van der Waals surface area contributed by atoms with Crippen molar-refractivity contribution >= 4 is 15.7 Å². The molecule has 0 amide bonds. The second-order valence-electron chi connectivity index (χ2n) is 5.91.